The Bertz CT molecular complexity index is 867. The summed E-state index contributed by atoms with van der Waals surface area (Å²) in [5, 5.41) is 30.5. The van der Waals surface area contributed by atoms with E-state index in [1.165, 1.54) is 0 Å². The molecular formula is C18H11ClN4S. The second-order valence-electron chi connectivity index (χ2n) is 4.62. The quantitative estimate of drug-likeness (QED) is 0.614. The van der Waals surface area contributed by atoms with E-state index in [0.717, 1.165) is 16.2 Å². The summed E-state index contributed by atoms with van der Waals surface area (Å²) in [5.41, 5.74) is 1.50. The summed E-state index contributed by atoms with van der Waals surface area (Å²) in [6.07, 6.45) is 0. The van der Waals surface area contributed by atoms with Crippen molar-refractivity contribution in [2.75, 3.05) is 5.32 Å². The highest BCUT2D eigenvalue weighted by molar-refractivity contribution is 7.98. The minimum atomic E-state index is -0.241. The highest BCUT2D eigenvalue weighted by atomic mass is 35.5. The number of anilines is 1. The SMILES string of the molecule is N#CC(C#N)=C(C#N)Nc1ccccc1SCc1ccc(Cl)cc1. The Morgan fingerprint density at radius 3 is 2.25 bits per heavy atom. The maximum Gasteiger partial charge on any atom is 0.163 e. The highest BCUT2D eigenvalue weighted by Crippen LogP contribution is 2.31. The number of para-hydroxylation sites is 1. The molecule has 0 atom stereocenters. The summed E-state index contributed by atoms with van der Waals surface area (Å²) in [4.78, 5) is 0.912. The molecular weight excluding hydrogens is 340 g/mol. The van der Waals surface area contributed by atoms with Gasteiger partial charge in [-0.1, -0.05) is 35.9 Å². The molecule has 6 heteroatoms. The van der Waals surface area contributed by atoms with Crippen molar-refractivity contribution in [2.45, 2.75) is 10.6 Å². The molecule has 0 amide bonds. The lowest BCUT2D eigenvalue weighted by Gasteiger charge is -2.11. The van der Waals surface area contributed by atoms with E-state index in [4.69, 9.17) is 27.4 Å². The number of nitriles is 3. The zero-order valence-corrected chi connectivity index (χ0v) is 14.0. The van der Waals surface area contributed by atoms with E-state index in [-0.39, 0.29) is 11.3 Å². The molecule has 0 saturated carbocycles. The summed E-state index contributed by atoms with van der Waals surface area (Å²) in [6, 6.07) is 20.3. The summed E-state index contributed by atoms with van der Waals surface area (Å²) in [7, 11) is 0. The predicted octanol–water partition coefficient (Wildman–Crippen LogP) is 4.87. The highest BCUT2D eigenvalue weighted by Gasteiger charge is 2.09. The van der Waals surface area contributed by atoms with Gasteiger partial charge in [-0.15, -0.1) is 11.8 Å². The van der Waals surface area contributed by atoms with Crippen LogP contribution in [0, 0.1) is 34.0 Å². The van der Waals surface area contributed by atoms with Crippen molar-refractivity contribution >= 4 is 29.1 Å². The number of nitrogens with zero attached hydrogens (tertiary/aromatic N) is 3. The van der Waals surface area contributed by atoms with Gasteiger partial charge in [-0.05, 0) is 29.8 Å². The van der Waals surface area contributed by atoms with Gasteiger partial charge in [0.05, 0.1) is 5.69 Å². The molecule has 2 aromatic rings. The zero-order valence-electron chi connectivity index (χ0n) is 12.5. The minimum Gasteiger partial charge on any atom is -0.344 e. The van der Waals surface area contributed by atoms with E-state index >= 15 is 0 Å². The molecule has 0 aromatic heterocycles. The van der Waals surface area contributed by atoms with E-state index < -0.39 is 0 Å². The molecule has 0 aliphatic rings. The molecule has 4 nitrogen and oxygen atoms in total. The van der Waals surface area contributed by atoms with Crippen molar-refractivity contribution in [1.29, 1.82) is 15.8 Å². The van der Waals surface area contributed by atoms with Crippen LogP contribution in [0.3, 0.4) is 0 Å². The first-order chi connectivity index (χ1) is 11.7. The third-order valence-electron chi connectivity index (χ3n) is 3.04. The standard InChI is InChI=1S/C18H11ClN4S/c19-15-7-5-13(6-8-15)12-24-18-4-2-1-3-16(18)23-17(11-22)14(9-20)10-21/h1-8,23H,12H2. The van der Waals surface area contributed by atoms with Crippen LogP contribution in [0.5, 0.6) is 0 Å². The number of thioether (sulfide) groups is 1. The number of benzene rings is 2. The van der Waals surface area contributed by atoms with E-state index in [2.05, 4.69) is 5.32 Å². The van der Waals surface area contributed by atoms with Gasteiger partial charge in [0.2, 0.25) is 0 Å². The molecule has 0 bridgehead atoms. The van der Waals surface area contributed by atoms with Gasteiger partial charge in [-0.25, -0.2) is 0 Å². The normalized spacial score (nSPS) is 9.25. The number of nitrogens with one attached hydrogen (secondary N) is 1. The van der Waals surface area contributed by atoms with Gasteiger partial charge >= 0.3 is 0 Å². The fourth-order valence-corrected chi connectivity index (χ4v) is 2.95. The molecule has 2 rings (SSSR count). The topological polar surface area (TPSA) is 83.4 Å². The van der Waals surface area contributed by atoms with Crippen LogP contribution in [-0.2, 0) is 5.75 Å². The number of rotatable bonds is 5. The molecule has 0 aliphatic carbocycles. The van der Waals surface area contributed by atoms with Gasteiger partial charge in [0, 0.05) is 15.7 Å². The first-order valence-electron chi connectivity index (χ1n) is 6.85. The van der Waals surface area contributed by atoms with Crippen LogP contribution in [-0.4, -0.2) is 0 Å². The lowest BCUT2D eigenvalue weighted by molar-refractivity contribution is 1.32. The smallest absolute Gasteiger partial charge is 0.163 e. The van der Waals surface area contributed by atoms with Gasteiger partial charge in [-0.3, -0.25) is 0 Å². The van der Waals surface area contributed by atoms with Gasteiger partial charge in [0.1, 0.15) is 23.9 Å². The first-order valence-corrected chi connectivity index (χ1v) is 8.22. The maximum absolute atomic E-state index is 9.15. The van der Waals surface area contributed by atoms with Crippen molar-refractivity contribution in [3.63, 3.8) is 0 Å². The largest absolute Gasteiger partial charge is 0.344 e. The van der Waals surface area contributed by atoms with Crippen LogP contribution in [0.1, 0.15) is 5.56 Å². The van der Waals surface area contributed by atoms with Gasteiger partial charge in [0.25, 0.3) is 0 Å². The Labute approximate surface area is 149 Å². The predicted molar refractivity (Wildman–Crippen MR) is 94.9 cm³/mol. The third-order valence-corrected chi connectivity index (χ3v) is 4.44. The molecule has 0 radical (unpaired) electrons. The number of halogens is 1. The summed E-state index contributed by atoms with van der Waals surface area (Å²) < 4.78 is 0. The minimum absolute atomic E-state index is 0.0560. The third kappa shape index (κ3) is 4.54. The van der Waals surface area contributed by atoms with Crippen LogP contribution >= 0.6 is 23.4 Å². The monoisotopic (exact) mass is 350 g/mol. The molecule has 1 N–H and O–H groups in total. The van der Waals surface area contributed by atoms with Crippen LogP contribution in [0.15, 0.2) is 64.7 Å². The average molecular weight is 351 g/mol. The zero-order chi connectivity index (χ0) is 17.4. The van der Waals surface area contributed by atoms with Gasteiger partial charge in [-0.2, -0.15) is 15.8 Å². The number of hydrogen-bond donors (Lipinski definition) is 1. The fraction of sp³-hybridized carbons (Fsp3) is 0.0556. The summed E-state index contributed by atoms with van der Waals surface area (Å²) >= 11 is 7.46. The Hall–Kier alpha value is -2.91. The molecule has 2 aromatic carbocycles. The molecule has 116 valence electrons. The Kier molecular flexibility index (Phi) is 6.29. The molecule has 0 unspecified atom stereocenters. The fourth-order valence-electron chi connectivity index (χ4n) is 1.86. The van der Waals surface area contributed by atoms with Crippen molar-refractivity contribution < 1.29 is 0 Å². The van der Waals surface area contributed by atoms with E-state index in [0.29, 0.717) is 10.7 Å². The van der Waals surface area contributed by atoms with Crippen LogP contribution in [0.25, 0.3) is 0 Å². The lowest BCUT2D eigenvalue weighted by atomic mass is 10.2. The second kappa shape index (κ2) is 8.65. The number of hydrogen-bond acceptors (Lipinski definition) is 5. The van der Waals surface area contributed by atoms with E-state index in [9.17, 15) is 0 Å². The van der Waals surface area contributed by atoms with Gasteiger partial charge in [0.15, 0.2) is 5.57 Å². The second-order valence-corrected chi connectivity index (χ2v) is 6.08. The average Bonchev–Trinajstić information content (AvgIpc) is 2.62. The molecule has 24 heavy (non-hydrogen) atoms. The first kappa shape index (κ1) is 17.4. The van der Waals surface area contributed by atoms with Crippen LogP contribution in [0.2, 0.25) is 5.02 Å². The Balaban J connectivity index is 2.20. The van der Waals surface area contributed by atoms with Gasteiger partial charge < -0.3 is 5.32 Å². The maximum atomic E-state index is 9.15. The van der Waals surface area contributed by atoms with Crippen molar-refractivity contribution in [3.8, 4) is 18.2 Å². The summed E-state index contributed by atoms with van der Waals surface area (Å²) in [6.45, 7) is 0. The van der Waals surface area contributed by atoms with E-state index in [1.807, 2.05) is 48.5 Å². The molecule has 0 aliphatic heterocycles. The van der Waals surface area contributed by atoms with Crippen molar-refractivity contribution in [1.82, 2.24) is 0 Å². The van der Waals surface area contributed by atoms with E-state index in [1.54, 1.807) is 30.0 Å². The Morgan fingerprint density at radius 2 is 1.62 bits per heavy atom. The molecule has 0 saturated heterocycles. The Morgan fingerprint density at radius 1 is 0.958 bits per heavy atom. The molecule has 0 spiro atoms. The lowest BCUT2D eigenvalue weighted by Crippen LogP contribution is -2.01. The number of allylic oxidation sites excluding steroid dienone is 2. The van der Waals surface area contributed by atoms with Crippen LogP contribution in [0.4, 0.5) is 5.69 Å². The molecule has 0 fully saturated rings. The summed E-state index contributed by atoms with van der Waals surface area (Å²) in [5.74, 6) is 0.727. The van der Waals surface area contributed by atoms with Crippen molar-refractivity contribution in [3.05, 3.63) is 70.4 Å². The molecule has 0 heterocycles. The van der Waals surface area contributed by atoms with Crippen molar-refractivity contribution in [2.24, 2.45) is 0 Å². The van der Waals surface area contributed by atoms with Crippen LogP contribution < -0.4 is 5.32 Å².